The summed E-state index contributed by atoms with van der Waals surface area (Å²) >= 11 is 0. The highest BCUT2D eigenvalue weighted by Gasteiger charge is 1.81. The fourth-order valence-corrected chi connectivity index (χ4v) is 0.341. The molecule has 0 saturated carbocycles. The second-order valence-corrected chi connectivity index (χ2v) is 2.51. The van der Waals surface area contributed by atoms with E-state index in [1.807, 2.05) is 13.8 Å². The van der Waals surface area contributed by atoms with Crippen molar-refractivity contribution >= 4 is 12.4 Å². The summed E-state index contributed by atoms with van der Waals surface area (Å²) < 4.78 is 0. The van der Waals surface area contributed by atoms with Gasteiger partial charge in [0.05, 0.1) is 13.1 Å². The second-order valence-electron chi connectivity index (χ2n) is 2.51. The smallest absolute Gasteiger partial charge is 0.0804 e. The number of hydrogen-bond acceptors (Lipinski definition) is 2. The zero-order valence-electron chi connectivity index (χ0n) is 7.13. The van der Waals surface area contributed by atoms with Gasteiger partial charge in [-0.1, -0.05) is 24.3 Å². The zero-order chi connectivity index (χ0) is 7.98. The van der Waals surface area contributed by atoms with Crippen molar-refractivity contribution in [1.82, 2.24) is 0 Å². The van der Waals surface area contributed by atoms with Crippen LogP contribution in [0.5, 0.6) is 0 Å². The Balaban J connectivity index is 0. The van der Waals surface area contributed by atoms with Gasteiger partial charge in [-0.2, -0.15) is 10.2 Å². The van der Waals surface area contributed by atoms with Gasteiger partial charge in [-0.25, -0.2) is 0 Å². The van der Waals surface area contributed by atoms with Crippen LogP contribution < -0.4 is 0 Å². The van der Waals surface area contributed by atoms with Gasteiger partial charge in [0.15, 0.2) is 0 Å². The van der Waals surface area contributed by atoms with Gasteiger partial charge in [0.25, 0.3) is 0 Å². The summed E-state index contributed by atoms with van der Waals surface area (Å²) in [6.07, 6.45) is 0. The molecule has 0 rings (SSSR count). The van der Waals surface area contributed by atoms with E-state index in [0.29, 0.717) is 13.1 Å². The standard InChI is InChI=1S/C8H14N2.ClH/c1-7(2)5-9-10-6-8(3)4;/h1,3,5-6H2,2,4H3;1H. The highest BCUT2D eigenvalue weighted by Crippen LogP contribution is 1.91. The Morgan fingerprint density at radius 3 is 1.45 bits per heavy atom. The molecule has 2 nitrogen and oxygen atoms in total. The van der Waals surface area contributed by atoms with Crippen LogP contribution >= 0.6 is 12.4 Å². The maximum atomic E-state index is 3.88. The molecule has 0 aliphatic carbocycles. The van der Waals surface area contributed by atoms with Crippen molar-refractivity contribution in [2.24, 2.45) is 10.2 Å². The van der Waals surface area contributed by atoms with E-state index < -0.39 is 0 Å². The van der Waals surface area contributed by atoms with Crippen LogP contribution in [0.3, 0.4) is 0 Å². The molecule has 0 amide bonds. The van der Waals surface area contributed by atoms with Crippen molar-refractivity contribution in [2.75, 3.05) is 13.1 Å². The van der Waals surface area contributed by atoms with Crippen LogP contribution in [-0.4, -0.2) is 13.1 Å². The van der Waals surface area contributed by atoms with E-state index in [2.05, 4.69) is 23.4 Å². The number of rotatable bonds is 4. The molecule has 0 fully saturated rings. The highest BCUT2D eigenvalue weighted by molar-refractivity contribution is 5.85. The van der Waals surface area contributed by atoms with Crippen LogP contribution in [0.25, 0.3) is 0 Å². The van der Waals surface area contributed by atoms with E-state index in [-0.39, 0.29) is 12.4 Å². The monoisotopic (exact) mass is 174 g/mol. The summed E-state index contributed by atoms with van der Waals surface area (Å²) in [5.41, 5.74) is 2.07. The van der Waals surface area contributed by atoms with Crippen LogP contribution in [0.1, 0.15) is 13.8 Å². The normalized spacial score (nSPS) is 9.27. The summed E-state index contributed by atoms with van der Waals surface area (Å²) in [5, 5.41) is 7.75. The summed E-state index contributed by atoms with van der Waals surface area (Å²) in [4.78, 5) is 0. The number of halogens is 1. The largest absolute Gasteiger partial charge is 0.189 e. The second kappa shape index (κ2) is 7.48. The van der Waals surface area contributed by atoms with E-state index in [1.165, 1.54) is 0 Å². The summed E-state index contributed by atoms with van der Waals surface area (Å²) in [6.45, 7) is 12.5. The topological polar surface area (TPSA) is 24.7 Å². The fraction of sp³-hybridized carbons (Fsp3) is 0.500. The maximum Gasteiger partial charge on any atom is 0.0804 e. The molecule has 0 unspecified atom stereocenters. The van der Waals surface area contributed by atoms with Crippen molar-refractivity contribution in [1.29, 1.82) is 0 Å². The van der Waals surface area contributed by atoms with Crippen LogP contribution in [0, 0.1) is 0 Å². The molecule has 0 heterocycles. The third-order valence-corrected chi connectivity index (χ3v) is 0.781. The Hall–Kier alpha value is -0.630. The van der Waals surface area contributed by atoms with Crippen molar-refractivity contribution in [3.8, 4) is 0 Å². The molecule has 11 heavy (non-hydrogen) atoms. The molecule has 0 N–H and O–H groups in total. The highest BCUT2D eigenvalue weighted by atomic mass is 35.5. The molecule has 0 radical (unpaired) electrons. The minimum Gasteiger partial charge on any atom is -0.189 e. The van der Waals surface area contributed by atoms with Gasteiger partial charge in [0, 0.05) is 0 Å². The van der Waals surface area contributed by atoms with Crippen molar-refractivity contribution in [3.63, 3.8) is 0 Å². The molecule has 0 aliphatic heterocycles. The van der Waals surface area contributed by atoms with Gasteiger partial charge in [-0.3, -0.25) is 0 Å². The first-order chi connectivity index (χ1) is 4.63. The SMILES string of the molecule is C=C(C)CN=NCC(=C)C.Cl. The third kappa shape index (κ3) is 12.5. The Bertz CT molecular complexity index is 143. The first-order valence-corrected chi connectivity index (χ1v) is 3.25. The Labute approximate surface area is 74.5 Å². The van der Waals surface area contributed by atoms with Gasteiger partial charge in [-0.15, -0.1) is 12.4 Å². The van der Waals surface area contributed by atoms with E-state index >= 15 is 0 Å². The molecular formula is C8H15ClN2. The average molecular weight is 175 g/mol. The lowest BCUT2D eigenvalue weighted by molar-refractivity contribution is 0.927. The molecule has 0 aromatic rings. The molecule has 64 valence electrons. The molecular weight excluding hydrogens is 160 g/mol. The minimum absolute atomic E-state index is 0. The zero-order valence-corrected chi connectivity index (χ0v) is 7.95. The maximum absolute atomic E-state index is 3.88. The van der Waals surface area contributed by atoms with Crippen LogP contribution in [0.2, 0.25) is 0 Å². The molecule has 0 aromatic carbocycles. The first-order valence-electron chi connectivity index (χ1n) is 3.25. The van der Waals surface area contributed by atoms with Crippen LogP contribution in [0.4, 0.5) is 0 Å². The van der Waals surface area contributed by atoms with Gasteiger partial charge in [0.1, 0.15) is 0 Å². The average Bonchev–Trinajstić information content (AvgIpc) is 1.79. The molecule has 0 aliphatic rings. The number of nitrogens with zero attached hydrogens (tertiary/aromatic N) is 2. The molecule has 0 spiro atoms. The quantitative estimate of drug-likeness (QED) is 0.463. The Morgan fingerprint density at radius 2 is 1.27 bits per heavy atom. The number of hydrogen-bond donors (Lipinski definition) is 0. The third-order valence-electron chi connectivity index (χ3n) is 0.781. The fourth-order valence-electron chi connectivity index (χ4n) is 0.341. The summed E-state index contributed by atoms with van der Waals surface area (Å²) in [6, 6.07) is 0. The van der Waals surface area contributed by atoms with Crippen molar-refractivity contribution < 1.29 is 0 Å². The summed E-state index contributed by atoms with van der Waals surface area (Å²) in [7, 11) is 0. The van der Waals surface area contributed by atoms with E-state index in [1.54, 1.807) is 0 Å². The molecule has 0 atom stereocenters. The van der Waals surface area contributed by atoms with Crippen LogP contribution in [0.15, 0.2) is 34.5 Å². The van der Waals surface area contributed by atoms with Crippen molar-refractivity contribution in [3.05, 3.63) is 24.3 Å². The van der Waals surface area contributed by atoms with E-state index in [9.17, 15) is 0 Å². The van der Waals surface area contributed by atoms with Gasteiger partial charge >= 0.3 is 0 Å². The lowest BCUT2D eigenvalue weighted by Gasteiger charge is -1.90. The predicted molar refractivity (Wildman–Crippen MR) is 51.5 cm³/mol. The van der Waals surface area contributed by atoms with Gasteiger partial charge in [0.2, 0.25) is 0 Å². The van der Waals surface area contributed by atoms with Gasteiger partial charge < -0.3 is 0 Å². The Kier molecular flexibility index (Phi) is 8.83. The van der Waals surface area contributed by atoms with Crippen LogP contribution in [-0.2, 0) is 0 Å². The number of azo groups is 1. The van der Waals surface area contributed by atoms with Crippen molar-refractivity contribution in [2.45, 2.75) is 13.8 Å². The molecule has 0 saturated heterocycles. The van der Waals surface area contributed by atoms with E-state index in [4.69, 9.17) is 0 Å². The predicted octanol–water partition coefficient (Wildman–Crippen LogP) is 3.01. The minimum atomic E-state index is 0. The first kappa shape index (κ1) is 13.0. The molecule has 0 bridgehead atoms. The van der Waals surface area contributed by atoms with Gasteiger partial charge in [-0.05, 0) is 13.8 Å². The molecule has 0 aromatic heterocycles. The van der Waals surface area contributed by atoms with E-state index in [0.717, 1.165) is 11.1 Å². The lowest BCUT2D eigenvalue weighted by atomic mass is 10.4. The molecule has 3 heteroatoms. The summed E-state index contributed by atoms with van der Waals surface area (Å²) in [5.74, 6) is 0. The lowest BCUT2D eigenvalue weighted by Crippen LogP contribution is -1.81. The Morgan fingerprint density at radius 1 is 1.00 bits per heavy atom.